The lowest BCUT2D eigenvalue weighted by atomic mass is 9.81. The summed E-state index contributed by atoms with van der Waals surface area (Å²) in [5.74, 6) is -3.20. The standard InChI is InChI=1S/C23H21ClF2N2O6/c1-3-32-22(31)20-15(9-13-6-7-27-18(24)10-13)21(30)28(20)19(29)8-12(2)14-4-5-16-17(11-14)34-23(25,26)33-16/h4-7,10-12,15,20H,3,8-9H2,1-2H3/t12-,15?,20-/m0/s1. The van der Waals surface area contributed by atoms with Crippen LogP contribution in [0.4, 0.5) is 8.78 Å². The van der Waals surface area contributed by atoms with Gasteiger partial charge in [-0.1, -0.05) is 24.6 Å². The molecular formula is C23H21ClF2N2O6. The minimum absolute atomic E-state index is 0.0948. The number of rotatable bonds is 7. The molecule has 2 aromatic rings. The highest BCUT2D eigenvalue weighted by Gasteiger charge is 2.55. The Morgan fingerprint density at radius 1 is 1.24 bits per heavy atom. The first-order chi connectivity index (χ1) is 16.1. The van der Waals surface area contributed by atoms with Gasteiger partial charge in [0.1, 0.15) is 11.2 Å². The van der Waals surface area contributed by atoms with Gasteiger partial charge in [0.2, 0.25) is 11.8 Å². The predicted molar refractivity (Wildman–Crippen MR) is 114 cm³/mol. The van der Waals surface area contributed by atoms with Crippen LogP contribution < -0.4 is 9.47 Å². The quantitative estimate of drug-likeness (QED) is 0.329. The Morgan fingerprint density at radius 2 is 1.97 bits per heavy atom. The molecule has 1 saturated heterocycles. The second-order valence-corrected chi connectivity index (χ2v) is 8.46. The molecule has 3 atom stereocenters. The zero-order valence-corrected chi connectivity index (χ0v) is 19.1. The molecule has 2 aliphatic heterocycles. The smallest absolute Gasteiger partial charge is 0.464 e. The topological polar surface area (TPSA) is 95.0 Å². The van der Waals surface area contributed by atoms with Crippen molar-refractivity contribution in [2.24, 2.45) is 5.92 Å². The number of amides is 2. The highest BCUT2D eigenvalue weighted by atomic mass is 35.5. The summed E-state index contributed by atoms with van der Waals surface area (Å²) >= 11 is 5.91. The second kappa shape index (κ2) is 9.17. The first-order valence-corrected chi connectivity index (χ1v) is 11.0. The number of imide groups is 1. The van der Waals surface area contributed by atoms with E-state index in [4.69, 9.17) is 16.3 Å². The average molecular weight is 495 g/mol. The van der Waals surface area contributed by atoms with Gasteiger partial charge in [0.15, 0.2) is 11.5 Å². The van der Waals surface area contributed by atoms with Gasteiger partial charge in [0.05, 0.1) is 12.5 Å². The first kappa shape index (κ1) is 23.9. The van der Waals surface area contributed by atoms with Crippen LogP contribution >= 0.6 is 11.6 Å². The lowest BCUT2D eigenvalue weighted by Gasteiger charge is -2.44. The van der Waals surface area contributed by atoms with Gasteiger partial charge in [-0.25, -0.2) is 9.78 Å². The molecule has 0 bridgehead atoms. The zero-order chi connectivity index (χ0) is 24.6. The Hall–Kier alpha value is -3.27. The van der Waals surface area contributed by atoms with E-state index in [0.29, 0.717) is 11.1 Å². The van der Waals surface area contributed by atoms with Gasteiger partial charge < -0.3 is 14.2 Å². The summed E-state index contributed by atoms with van der Waals surface area (Å²) in [5.41, 5.74) is 1.24. The Labute approximate surface area is 198 Å². The second-order valence-electron chi connectivity index (χ2n) is 8.08. The summed E-state index contributed by atoms with van der Waals surface area (Å²) in [5, 5.41) is 0.250. The fraction of sp³-hybridized carbons (Fsp3) is 0.391. The summed E-state index contributed by atoms with van der Waals surface area (Å²) in [6.45, 7) is 3.43. The zero-order valence-electron chi connectivity index (χ0n) is 18.3. The van der Waals surface area contributed by atoms with Crippen molar-refractivity contribution in [1.82, 2.24) is 9.88 Å². The molecule has 0 radical (unpaired) electrons. The lowest BCUT2D eigenvalue weighted by molar-refractivity contribution is -0.286. The normalized spacial score (nSPS) is 21.1. The summed E-state index contributed by atoms with van der Waals surface area (Å²) in [6, 6.07) is 6.45. The molecule has 1 aromatic carbocycles. The van der Waals surface area contributed by atoms with Crippen molar-refractivity contribution in [3.63, 3.8) is 0 Å². The van der Waals surface area contributed by atoms with Crippen molar-refractivity contribution in [3.05, 3.63) is 52.8 Å². The minimum atomic E-state index is -3.75. The number of aromatic nitrogens is 1. The third-order valence-electron chi connectivity index (χ3n) is 5.73. The fourth-order valence-corrected chi connectivity index (χ4v) is 4.29. The van der Waals surface area contributed by atoms with Gasteiger partial charge in [0, 0.05) is 12.6 Å². The summed E-state index contributed by atoms with van der Waals surface area (Å²) in [7, 11) is 0. The van der Waals surface area contributed by atoms with E-state index >= 15 is 0 Å². The van der Waals surface area contributed by atoms with Crippen molar-refractivity contribution < 1.29 is 37.4 Å². The third kappa shape index (κ3) is 4.68. The number of benzene rings is 1. The first-order valence-electron chi connectivity index (χ1n) is 10.6. The van der Waals surface area contributed by atoms with Crippen molar-refractivity contribution in [1.29, 1.82) is 0 Å². The number of alkyl halides is 2. The van der Waals surface area contributed by atoms with Crippen molar-refractivity contribution in [3.8, 4) is 11.5 Å². The van der Waals surface area contributed by atoms with Crippen LogP contribution in [0.1, 0.15) is 37.3 Å². The molecule has 1 unspecified atom stereocenters. The fourth-order valence-electron chi connectivity index (χ4n) is 4.10. The molecule has 34 heavy (non-hydrogen) atoms. The van der Waals surface area contributed by atoms with E-state index in [1.807, 2.05) is 0 Å². The van der Waals surface area contributed by atoms with E-state index in [0.717, 1.165) is 4.90 Å². The van der Waals surface area contributed by atoms with Crippen LogP contribution in [0.25, 0.3) is 0 Å². The number of pyridine rings is 1. The van der Waals surface area contributed by atoms with Crippen molar-refractivity contribution >= 4 is 29.4 Å². The van der Waals surface area contributed by atoms with Crippen LogP contribution in [-0.2, 0) is 25.5 Å². The van der Waals surface area contributed by atoms with Gasteiger partial charge in [-0.2, -0.15) is 0 Å². The maximum atomic E-state index is 13.3. The van der Waals surface area contributed by atoms with E-state index in [9.17, 15) is 23.2 Å². The molecule has 0 aliphatic carbocycles. The van der Waals surface area contributed by atoms with Crippen LogP contribution in [0.2, 0.25) is 5.15 Å². The van der Waals surface area contributed by atoms with Gasteiger partial charge in [0.25, 0.3) is 0 Å². The number of hydrogen-bond donors (Lipinski definition) is 0. The molecule has 2 aliphatic rings. The average Bonchev–Trinajstić information content (AvgIpc) is 3.08. The Balaban J connectivity index is 1.48. The molecule has 0 saturated carbocycles. The molecule has 8 nitrogen and oxygen atoms in total. The molecule has 0 spiro atoms. The van der Waals surface area contributed by atoms with Crippen LogP contribution in [0.15, 0.2) is 36.5 Å². The van der Waals surface area contributed by atoms with E-state index < -0.39 is 42.0 Å². The third-order valence-corrected chi connectivity index (χ3v) is 5.94. The SMILES string of the molecule is CCOC(=O)[C@@H]1C(Cc2ccnc(Cl)c2)C(=O)N1C(=O)C[C@H](C)c1ccc2c(c1)OC(F)(F)O2. The summed E-state index contributed by atoms with van der Waals surface area (Å²) in [4.78, 5) is 43.3. The highest BCUT2D eigenvalue weighted by Crippen LogP contribution is 2.43. The molecule has 4 rings (SSSR count). The monoisotopic (exact) mass is 494 g/mol. The minimum Gasteiger partial charge on any atom is -0.464 e. The number of nitrogens with zero attached hydrogens (tertiary/aromatic N) is 2. The lowest BCUT2D eigenvalue weighted by Crippen LogP contribution is -2.67. The molecule has 3 heterocycles. The van der Waals surface area contributed by atoms with Crippen LogP contribution in [0, 0.1) is 5.92 Å². The number of hydrogen-bond acceptors (Lipinski definition) is 7. The number of carbonyl (C=O) groups excluding carboxylic acids is 3. The molecule has 0 N–H and O–H groups in total. The predicted octanol–water partition coefficient (Wildman–Crippen LogP) is 3.71. The summed E-state index contributed by atoms with van der Waals surface area (Å²) < 4.78 is 40.5. The number of fused-ring (bicyclic) bond motifs is 1. The van der Waals surface area contributed by atoms with E-state index in [2.05, 4.69) is 14.5 Å². The van der Waals surface area contributed by atoms with Crippen LogP contribution in [0.5, 0.6) is 11.5 Å². The maximum absolute atomic E-state index is 13.3. The van der Waals surface area contributed by atoms with Gasteiger partial charge in [-0.3, -0.25) is 14.5 Å². The Morgan fingerprint density at radius 3 is 2.68 bits per heavy atom. The number of halogens is 3. The number of β-lactam (4-membered cyclic amide) rings is 1. The molecular weight excluding hydrogens is 474 g/mol. The Bertz CT molecular complexity index is 1140. The highest BCUT2D eigenvalue weighted by molar-refractivity contribution is 6.29. The molecule has 11 heteroatoms. The van der Waals surface area contributed by atoms with Gasteiger partial charge in [-0.15, -0.1) is 8.78 Å². The molecule has 1 fully saturated rings. The number of carbonyl (C=O) groups is 3. The molecule has 180 valence electrons. The van der Waals surface area contributed by atoms with E-state index in [1.54, 1.807) is 26.0 Å². The largest absolute Gasteiger partial charge is 0.586 e. The Kier molecular flexibility index (Phi) is 6.44. The molecule has 2 amide bonds. The number of likely N-dealkylation sites (tertiary alicyclic amines) is 1. The van der Waals surface area contributed by atoms with Crippen molar-refractivity contribution in [2.45, 2.75) is 44.9 Å². The van der Waals surface area contributed by atoms with E-state index in [1.165, 1.54) is 24.4 Å². The van der Waals surface area contributed by atoms with E-state index in [-0.39, 0.29) is 36.1 Å². The van der Waals surface area contributed by atoms with Gasteiger partial charge in [-0.05, 0) is 54.7 Å². The van der Waals surface area contributed by atoms with Crippen LogP contribution in [0.3, 0.4) is 0 Å². The molecule has 1 aromatic heterocycles. The van der Waals surface area contributed by atoms with Gasteiger partial charge >= 0.3 is 12.3 Å². The van der Waals surface area contributed by atoms with Crippen molar-refractivity contribution in [2.75, 3.05) is 6.61 Å². The summed E-state index contributed by atoms with van der Waals surface area (Å²) in [6.07, 6.45) is -2.19. The number of ether oxygens (including phenoxy) is 3. The van der Waals surface area contributed by atoms with Crippen LogP contribution in [-0.4, -0.2) is 46.6 Å². The maximum Gasteiger partial charge on any atom is 0.586 e. The number of esters is 1.